The summed E-state index contributed by atoms with van der Waals surface area (Å²) in [6, 6.07) is 0. The number of carbonyl (C=O) groups is 3. The van der Waals surface area contributed by atoms with Gasteiger partial charge in [0.2, 0.25) is 0 Å². The zero-order valence-electron chi connectivity index (χ0n) is 11.2. The van der Waals surface area contributed by atoms with Crippen molar-refractivity contribution in [1.29, 1.82) is 0 Å². The molecule has 3 atom stereocenters. The Balaban J connectivity index is 2.88. The summed E-state index contributed by atoms with van der Waals surface area (Å²) in [7, 11) is 0. The summed E-state index contributed by atoms with van der Waals surface area (Å²) >= 11 is 0. The monoisotopic (exact) mass is 281 g/mol. The molecule has 0 aromatic carbocycles. The van der Waals surface area contributed by atoms with Crippen molar-refractivity contribution >= 4 is 17.9 Å². The number of carboxylic acid groups (broad SMARTS) is 2. The molecule has 0 aromatic heterocycles. The van der Waals surface area contributed by atoms with Gasteiger partial charge in [0.1, 0.15) is 6.10 Å². The first-order chi connectivity index (χ1) is 9.23. The fraction of sp³-hybridized carbons (Fsp3) is 0.429. The number of carboxylic acids is 2. The average Bonchev–Trinajstić information content (AvgIpc) is 2.37. The Hall–Kier alpha value is -2.11. The van der Waals surface area contributed by atoms with E-state index in [-0.39, 0.29) is 12.0 Å². The van der Waals surface area contributed by atoms with Crippen LogP contribution in [0, 0.1) is 18.8 Å². The van der Waals surface area contributed by atoms with Gasteiger partial charge in [-0.25, -0.2) is 4.79 Å². The molecule has 0 aromatic rings. The number of esters is 1. The van der Waals surface area contributed by atoms with Crippen molar-refractivity contribution in [3.8, 4) is 0 Å². The molecule has 0 heterocycles. The summed E-state index contributed by atoms with van der Waals surface area (Å²) < 4.78 is 5.02. The molecule has 0 saturated carbocycles. The molecule has 3 unspecified atom stereocenters. The van der Waals surface area contributed by atoms with Crippen molar-refractivity contribution in [2.45, 2.75) is 25.9 Å². The van der Waals surface area contributed by atoms with Gasteiger partial charge in [-0.2, -0.15) is 0 Å². The molecule has 6 heteroatoms. The van der Waals surface area contributed by atoms with Gasteiger partial charge in [0.05, 0.1) is 11.8 Å². The van der Waals surface area contributed by atoms with Crippen molar-refractivity contribution in [2.75, 3.05) is 0 Å². The largest absolute Gasteiger partial charge is 0.481 e. The molecule has 2 N–H and O–H groups in total. The van der Waals surface area contributed by atoms with Gasteiger partial charge in [0.25, 0.3) is 0 Å². The van der Waals surface area contributed by atoms with Crippen LogP contribution >= 0.6 is 0 Å². The third-order valence-electron chi connectivity index (χ3n) is 3.18. The summed E-state index contributed by atoms with van der Waals surface area (Å²) in [6.45, 7) is 8.58. The van der Waals surface area contributed by atoms with Crippen LogP contribution in [0.15, 0.2) is 23.8 Å². The Kier molecular flexibility index (Phi) is 5.07. The second-order valence-electron chi connectivity index (χ2n) is 4.76. The molecule has 6 nitrogen and oxygen atoms in total. The maximum atomic E-state index is 11.4. The summed E-state index contributed by atoms with van der Waals surface area (Å²) in [5, 5.41) is 18.1. The van der Waals surface area contributed by atoms with Crippen LogP contribution in [0.4, 0.5) is 0 Å². The summed E-state index contributed by atoms with van der Waals surface area (Å²) in [6.07, 6.45) is 0.997. The van der Waals surface area contributed by atoms with E-state index in [1.165, 1.54) is 13.0 Å². The highest BCUT2D eigenvalue weighted by Crippen LogP contribution is 2.31. The van der Waals surface area contributed by atoms with E-state index in [4.69, 9.17) is 14.9 Å². The van der Waals surface area contributed by atoms with Crippen molar-refractivity contribution in [2.24, 2.45) is 11.8 Å². The number of ether oxygens (including phenoxy) is 1. The first-order valence-corrected chi connectivity index (χ1v) is 6.09. The van der Waals surface area contributed by atoms with Crippen molar-refractivity contribution < 1.29 is 29.3 Å². The zero-order chi connectivity index (χ0) is 15.4. The maximum absolute atomic E-state index is 11.4. The van der Waals surface area contributed by atoms with Gasteiger partial charge in [-0.3, -0.25) is 9.59 Å². The van der Waals surface area contributed by atoms with Crippen LogP contribution in [0.3, 0.4) is 0 Å². The minimum Gasteiger partial charge on any atom is -0.481 e. The lowest BCUT2D eigenvalue weighted by Gasteiger charge is -2.27. The van der Waals surface area contributed by atoms with Gasteiger partial charge in [-0.1, -0.05) is 12.7 Å². The zero-order valence-corrected chi connectivity index (χ0v) is 11.2. The fourth-order valence-electron chi connectivity index (χ4n) is 2.03. The summed E-state index contributed by atoms with van der Waals surface area (Å²) in [4.78, 5) is 33.5. The molecule has 1 aliphatic carbocycles. The predicted octanol–water partition coefficient (Wildman–Crippen LogP) is 1.43. The Bertz CT molecular complexity index is 476. The van der Waals surface area contributed by atoms with E-state index in [1.54, 1.807) is 0 Å². The van der Waals surface area contributed by atoms with E-state index >= 15 is 0 Å². The smallest absolute Gasteiger partial charge is 0.333 e. The predicted molar refractivity (Wildman–Crippen MR) is 69.6 cm³/mol. The second-order valence-corrected chi connectivity index (χ2v) is 4.76. The number of hydrogen-bond acceptors (Lipinski definition) is 4. The lowest BCUT2D eigenvalue weighted by molar-refractivity contribution is -0.152. The van der Waals surface area contributed by atoms with Crippen molar-refractivity contribution in [3.63, 3.8) is 0 Å². The van der Waals surface area contributed by atoms with Crippen LogP contribution in [0.2, 0.25) is 0 Å². The second kappa shape index (κ2) is 6.36. The summed E-state index contributed by atoms with van der Waals surface area (Å²) in [5.41, 5.74) is 0.734. The van der Waals surface area contributed by atoms with E-state index in [9.17, 15) is 14.4 Å². The number of carbonyl (C=O) groups excluding carboxylic acids is 1. The molecule has 0 fully saturated rings. The highest BCUT2D eigenvalue weighted by atomic mass is 16.5. The van der Waals surface area contributed by atoms with E-state index in [0.717, 1.165) is 0 Å². The number of aliphatic carboxylic acids is 2. The third-order valence-corrected chi connectivity index (χ3v) is 3.18. The number of hydrogen-bond donors (Lipinski definition) is 2. The topological polar surface area (TPSA) is 101 Å². The number of rotatable bonds is 5. The van der Waals surface area contributed by atoms with Crippen molar-refractivity contribution in [3.05, 3.63) is 30.7 Å². The molecule has 1 rings (SSSR count). The lowest BCUT2D eigenvalue weighted by Crippen LogP contribution is -2.33. The molecule has 0 bridgehead atoms. The quantitative estimate of drug-likeness (QED) is 0.449. The molecule has 1 radical (unpaired) electrons. The SMILES string of the molecule is [CH2]C(OC(=O)C(=C)C)C1=CC(C(=O)O)C(C(=O)O)CC1. The van der Waals surface area contributed by atoms with E-state index in [1.807, 2.05) is 0 Å². The van der Waals surface area contributed by atoms with Crippen LogP contribution in [-0.2, 0) is 19.1 Å². The van der Waals surface area contributed by atoms with E-state index in [2.05, 4.69) is 13.5 Å². The highest BCUT2D eigenvalue weighted by molar-refractivity contribution is 5.87. The first kappa shape index (κ1) is 15.9. The Morgan fingerprint density at radius 3 is 2.40 bits per heavy atom. The molecule has 20 heavy (non-hydrogen) atoms. The van der Waals surface area contributed by atoms with Gasteiger partial charge in [0, 0.05) is 5.57 Å². The Labute approximate surface area is 116 Å². The van der Waals surface area contributed by atoms with Gasteiger partial charge in [0.15, 0.2) is 0 Å². The van der Waals surface area contributed by atoms with E-state index in [0.29, 0.717) is 12.0 Å². The Morgan fingerprint density at radius 1 is 1.35 bits per heavy atom. The standard InChI is InChI=1S/C14H17O6/c1-7(2)14(19)20-8(3)9-4-5-10(12(15)16)11(6-9)13(17)18/h6,8,10-11H,1,3-5H2,2H3,(H,15,16)(H,17,18). The fourth-order valence-corrected chi connectivity index (χ4v) is 2.03. The van der Waals surface area contributed by atoms with Gasteiger partial charge in [-0.15, -0.1) is 0 Å². The average molecular weight is 281 g/mol. The normalized spacial score (nSPS) is 23.4. The third kappa shape index (κ3) is 3.69. The van der Waals surface area contributed by atoms with Crippen LogP contribution in [0.25, 0.3) is 0 Å². The molecule has 0 saturated heterocycles. The van der Waals surface area contributed by atoms with Gasteiger partial charge in [-0.05, 0) is 32.3 Å². The minimum atomic E-state index is -1.21. The molecule has 0 amide bonds. The minimum absolute atomic E-state index is 0.175. The van der Waals surface area contributed by atoms with Crippen LogP contribution in [0.1, 0.15) is 19.8 Å². The molecule has 0 spiro atoms. The molecular formula is C14H17O6. The summed E-state index contributed by atoms with van der Waals surface area (Å²) in [5.74, 6) is -5.08. The maximum Gasteiger partial charge on any atom is 0.333 e. The molecule has 1 aliphatic rings. The van der Waals surface area contributed by atoms with Crippen LogP contribution in [0.5, 0.6) is 0 Å². The first-order valence-electron chi connectivity index (χ1n) is 6.09. The van der Waals surface area contributed by atoms with Gasteiger partial charge < -0.3 is 14.9 Å². The van der Waals surface area contributed by atoms with Crippen LogP contribution in [-0.4, -0.2) is 34.2 Å². The molecule has 0 aliphatic heterocycles. The Morgan fingerprint density at radius 2 is 1.95 bits per heavy atom. The van der Waals surface area contributed by atoms with E-state index < -0.39 is 35.8 Å². The molecule has 109 valence electrons. The van der Waals surface area contributed by atoms with Crippen molar-refractivity contribution in [1.82, 2.24) is 0 Å². The lowest BCUT2D eigenvalue weighted by atomic mass is 9.79. The van der Waals surface area contributed by atoms with Gasteiger partial charge >= 0.3 is 17.9 Å². The molecular weight excluding hydrogens is 264 g/mol. The van der Waals surface area contributed by atoms with Crippen LogP contribution < -0.4 is 0 Å². The highest BCUT2D eigenvalue weighted by Gasteiger charge is 2.36.